The van der Waals surface area contributed by atoms with Crippen molar-refractivity contribution < 1.29 is 0 Å². The Morgan fingerprint density at radius 2 is 0.690 bits per heavy atom. The Kier molecular flexibility index (Phi) is 8.61. The number of anilines is 3. The molecule has 12 aromatic carbocycles. The lowest BCUT2D eigenvalue weighted by Crippen LogP contribution is -2.26. The topological polar surface area (TPSA) is 8.17 Å². The summed E-state index contributed by atoms with van der Waals surface area (Å²) in [6.45, 7) is 0. The second-order valence-corrected chi connectivity index (χ2v) is 19.1. The molecule has 2 nitrogen and oxygen atoms in total. The van der Waals surface area contributed by atoms with Crippen LogP contribution in [0.15, 0.2) is 267 Å². The highest BCUT2D eigenvalue weighted by Gasteiger charge is 2.51. The van der Waals surface area contributed by atoms with E-state index in [0.717, 1.165) is 22.7 Å². The molecule has 0 radical (unpaired) electrons. The quantitative estimate of drug-likeness (QED) is 0.151. The van der Waals surface area contributed by atoms with Crippen LogP contribution in [0, 0.1) is 0 Å². The molecule has 0 aliphatic heterocycles. The molecule has 0 saturated carbocycles. The molecule has 0 unspecified atom stereocenters. The molecule has 1 spiro atoms. The molecule has 71 heavy (non-hydrogen) atoms. The van der Waals surface area contributed by atoms with E-state index in [2.05, 4.69) is 276 Å². The minimum absolute atomic E-state index is 0.418. The monoisotopic (exact) mass is 900 g/mol. The van der Waals surface area contributed by atoms with Gasteiger partial charge in [-0.15, -0.1) is 0 Å². The van der Waals surface area contributed by atoms with Gasteiger partial charge in [0.15, 0.2) is 0 Å². The molecule has 1 aromatic heterocycles. The number of hydrogen-bond donors (Lipinski definition) is 0. The number of para-hydroxylation sites is 2. The fourth-order valence-electron chi connectivity index (χ4n) is 12.8. The number of benzene rings is 12. The predicted octanol–water partition coefficient (Wildman–Crippen LogP) is 18.2. The van der Waals surface area contributed by atoms with E-state index < -0.39 is 5.41 Å². The van der Waals surface area contributed by atoms with E-state index in [9.17, 15) is 0 Å². The fraction of sp³-hybridized carbons (Fsp3) is 0.0145. The first-order valence-electron chi connectivity index (χ1n) is 24.7. The van der Waals surface area contributed by atoms with Gasteiger partial charge < -0.3 is 9.47 Å². The average molecular weight is 901 g/mol. The molecule has 1 heterocycles. The van der Waals surface area contributed by atoms with Gasteiger partial charge in [0.05, 0.1) is 16.4 Å². The Bertz CT molecular complexity index is 4160. The first kappa shape index (κ1) is 39.7. The van der Waals surface area contributed by atoms with Gasteiger partial charge in [0, 0.05) is 33.5 Å². The number of aromatic nitrogens is 1. The minimum atomic E-state index is -0.418. The van der Waals surface area contributed by atoms with E-state index in [0.29, 0.717) is 0 Å². The zero-order valence-electron chi connectivity index (χ0n) is 38.8. The van der Waals surface area contributed by atoms with Gasteiger partial charge in [0.25, 0.3) is 0 Å². The van der Waals surface area contributed by atoms with Gasteiger partial charge in [-0.3, -0.25) is 0 Å². The van der Waals surface area contributed by atoms with Gasteiger partial charge in [0.2, 0.25) is 0 Å². The van der Waals surface area contributed by atoms with Crippen LogP contribution in [0.25, 0.3) is 93.5 Å². The summed E-state index contributed by atoms with van der Waals surface area (Å²) in [4.78, 5) is 2.40. The highest BCUT2D eigenvalue weighted by molar-refractivity contribution is 6.21. The Labute approximate surface area is 412 Å². The molecule has 2 aliphatic rings. The van der Waals surface area contributed by atoms with Gasteiger partial charge in [-0.2, -0.15) is 0 Å². The van der Waals surface area contributed by atoms with E-state index in [-0.39, 0.29) is 0 Å². The Morgan fingerprint density at radius 1 is 0.268 bits per heavy atom. The van der Waals surface area contributed by atoms with Crippen molar-refractivity contribution in [3.05, 3.63) is 289 Å². The maximum atomic E-state index is 2.49. The van der Waals surface area contributed by atoms with Crippen molar-refractivity contribution in [3.63, 3.8) is 0 Å². The van der Waals surface area contributed by atoms with Gasteiger partial charge >= 0.3 is 0 Å². The highest BCUT2D eigenvalue weighted by Crippen LogP contribution is 2.63. The minimum Gasteiger partial charge on any atom is -0.310 e. The number of fused-ring (bicyclic) bond motifs is 15. The van der Waals surface area contributed by atoms with Crippen molar-refractivity contribution in [1.82, 2.24) is 4.57 Å². The van der Waals surface area contributed by atoms with Crippen LogP contribution in [-0.4, -0.2) is 4.57 Å². The summed E-state index contributed by atoms with van der Waals surface area (Å²) in [6, 6.07) is 98.9. The summed E-state index contributed by atoms with van der Waals surface area (Å²) >= 11 is 0. The zero-order chi connectivity index (χ0) is 46.6. The van der Waals surface area contributed by atoms with E-state index in [1.165, 1.54) is 110 Å². The van der Waals surface area contributed by atoms with E-state index in [1.807, 2.05) is 0 Å². The van der Waals surface area contributed by atoms with Crippen LogP contribution in [0.3, 0.4) is 0 Å². The van der Waals surface area contributed by atoms with Crippen molar-refractivity contribution in [3.8, 4) is 50.2 Å². The summed E-state index contributed by atoms with van der Waals surface area (Å²) in [6.07, 6.45) is 0. The summed E-state index contributed by atoms with van der Waals surface area (Å²) < 4.78 is 2.48. The molecule has 2 heteroatoms. The Hall–Kier alpha value is -9.24. The summed E-state index contributed by atoms with van der Waals surface area (Å²) in [5.41, 5.74) is 22.0. The van der Waals surface area contributed by atoms with E-state index >= 15 is 0 Å². The second-order valence-electron chi connectivity index (χ2n) is 19.1. The molecule has 13 aromatic rings. The van der Waals surface area contributed by atoms with E-state index in [4.69, 9.17) is 0 Å². The first-order valence-corrected chi connectivity index (χ1v) is 24.7. The molecular weight excluding hydrogens is 857 g/mol. The molecular formula is C69H44N2. The lowest BCUT2D eigenvalue weighted by molar-refractivity contribution is 0.792. The molecule has 0 amide bonds. The maximum Gasteiger partial charge on any atom is 0.0726 e. The van der Waals surface area contributed by atoms with Crippen LogP contribution >= 0.6 is 0 Å². The molecule has 2 aliphatic carbocycles. The normalized spacial score (nSPS) is 12.9. The molecule has 15 rings (SSSR count). The third kappa shape index (κ3) is 5.65. The highest BCUT2D eigenvalue weighted by atomic mass is 15.1. The smallest absolute Gasteiger partial charge is 0.0726 e. The Balaban J connectivity index is 0.888. The maximum absolute atomic E-state index is 2.49. The molecule has 0 saturated heterocycles. The van der Waals surface area contributed by atoms with Crippen LogP contribution in [0.5, 0.6) is 0 Å². The van der Waals surface area contributed by atoms with Crippen LogP contribution in [0.2, 0.25) is 0 Å². The van der Waals surface area contributed by atoms with Gasteiger partial charge in [-0.05, 0) is 149 Å². The number of rotatable bonds is 6. The van der Waals surface area contributed by atoms with E-state index in [1.54, 1.807) is 0 Å². The van der Waals surface area contributed by atoms with Crippen molar-refractivity contribution in [1.29, 1.82) is 0 Å². The van der Waals surface area contributed by atoms with Crippen LogP contribution < -0.4 is 4.90 Å². The SMILES string of the molecule is c1ccc(-c2c3ccccc3c(-c3ccc(N(c4ccccc4)c4ccc5c(c4)c4ccccc4n5-c4ccc5c(c4)C4(c6ccccc6-c6ccccc64)c4ccccc4-5)cc3)c3ccccc23)cc1. The fourth-order valence-corrected chi connectivity index (χ4v) is 12.8. The lowest BCUT2D eigenvalue weighted by Gasteiger charge is -2.30. The first-order chi connectivity index (χ1) is 35.3. The summed E-state index contributed by atoms with van der Waals surface area (Å²) in [5.74, 6) is 0. The van der Waals surface area contributed by atoms with Crippen LogP contribution in [0.4, 0.5) is 17.1 Å². The molecule has 0 N–H and O–H groups in total. The largest absolute Gasteiger partial charge is 0.310 e. The Morgan fingerprint density at radius 3 is 1.27 bits per heavy atom. The third-order valence-electron chi connectivity index (χ3n) is 15.6. The lowest BCUT2D eigenvalue weighted by atomic mass is 9.70. The van der Waals surface area contributed by atoms with Crippen molar-refractivity contribution in [2.75, 3.05) is 4.90 Å². The second kappa shape index (κ2) is 15.4. The number of hydrogen-bond acceptors (Lipinski definition) is 1. The van der Waals surface area contributed by atoms with Gasteiger partial charge in [-0.1, -0.05) is 206 Å². The predicted molar refractivity (Wildman–Crippen MR) is 298 cm³/mol. The van der Waals surface area contributed by atoms with Gasteiger partial charge in [-0.25, -0.2) is 0 Å². The van der Waals surface area contributed by atoms with Crippen LogP contribution in [0.1, 0.15) is 22.3 Å². The van der Waals surface area contributed by atoms with Crippen molar-refractivity contribution in [2.24, 2.45) is 0 Å². The third-order valence-corrected chi connectivity index (χ3v) is 15.6. The zero-order valence-corrected chi connectivity index (χ0v) is 38.8. The molecule has 330 valence electrons. The molecule has 0 bridgehead atoms. The van der Waals surface area contributed by atoms with Gasteiger partial charge in [0.1, 0.15) is 0 Å². The molecule has 0 atom stereocenters. The molecule has 0 fully saturated rings. The number of nitrogens with zero attached hydrogens (tertiary/aromatic N) is 2. The van der Waals surface area contributed by atoms with Crippen molar-refractivity contribution >= 4 is 60.4 Å². The summed E-state index contributed by atoms with van der Waals surface area (Å²) in [5, 5.41) is 7.45. The standard InChI is InChI=1S/C69H44N2/c1-3-19-45(20-4-1)67-56-27-7-9-29-58(56)68(59-30-10-8-28-57(59)67)46-35-37-48(38-36-46)70(47-21-5-2-6-22-47)49-40-42-66-60(43-49)55-26-14-18-34-65(55)71(66)50-39-41-54-53-25-13-17-33-63(53)69(64(54)44-50)61-31-15-11-23-51(61)52-24-12-16-32-62(52)69/h1-44H. The summed E-state index contributed by atoms with van der Waals surface area (Å²) in [7, 11) is 0. The van der Waals surface area contributed by atoms with Crippen LogP contribution in [-0.2, 0) is 5.41 Å². The van der Waals surface area contributed by atoms with Crippen molar-refractivity contribution in [2.45, 2.75) is 5.41 Å². The average Bonchev–Trinajstić information content (AvgIpc) is 4.05.